The van der Waals surface area contributed by atoms with Gasteiger partial charge in [0.25, 0.3) is 0 Å². The van der Waals surface area contributed by atoms with Crippen molar-refractivity contribution in [1.82, 2.24) is 0 Å². The molecule has 0 radical (unpaired) electrons. The molecule has 0 saturated carbocycles. The van der Waals surface area contributed by atoms with Gasteiger partial charge in [0.05, 0.1) is 11.5 Å². The molecule has 0 aromatic carbocycles. The summed E-state index contributed by atoms with van der Waals surface area (Å²) < 4.78 is 34.0. The lowest BCUT2D eigenvalue weighted by atomic mass is 10.5. The summed E-state index contributed by atoms with van der Waals surface area (Å²) >= 11 is 0. The van der Waals surface area contributed by atoms with Crippen LogP contribution in [0.25, 0.3) is 0 Å². The van der Waals surface area contributed by atoms with E-state index in [0.717, 1.165) is 0 Å². The Labute approximate surface area is 66.7 Å². The molecule has 0 aliphatic carbocycles. The van der Waals surface area contributed by atoms with Crippen molar-refractivity contribution >= 4 is 9.84 Å². The summed E-state index contributed by atoms with van der Waals surface area (Å²) in [5, 5.41) is 0. The second kappa shape index (κ2) is 4.66. The monoisotopic (exact) mass is 183 g/mol. The van der Waals surface area contributed by atoms with Crippen molar-refractivity contribution in [1.29, 1.82) is 0 Å². The molecule has 2 N–H and O–H groups in total. The third kappa shape index (κ3) is 6.25. The maximum atomic E-state index is 12.2. The Kier molecular flexibility index (Phi) is 4.60. The van der Waals surface area contributed by atoms with Gasteiger partial charge in [-0.05, 0) is 19.9 Å². The number of hydrogen-bond donors (Lipinski definition) is 1. The highest BCUT2D eigenvalue weighted by atomic mass is 32.2. The molecule has 0 amide bonds. The van der Waals surface area contributed by atoms with Gasteiger partial charge in [0.2, 0.25) is 0 Å². The zero-order chi connectivity index (χ0) is 8.91. The van der Waals surface area contributed by atoms with E-state index in [4.69, 9.17) is 5.73 Å². The van der Waals surface area contributed by atoms with Crippen molar-refractivity contribution in [2.45, 2.75) is 19.5 Å². The first-order valence-corrected chi connectivity index (χ1v) is 5.34. The average Bonchev–Trinajstić information content (AvgIpc) is 1.81. The molecule has 3 nitrogen and oxygen atoms in total. The van der Waals surface area contributed by atoms with Crippen molar-refractivity contribution in [2.24, 2.45) is 5.73 Å². The molecule has 0 aromatic heterocycles. The van der Waals surface area contributed by atoms with Crippen molar-refractivity contribution < 1.29 is 12.8 Å². The van der Waals surface area contributed by atoms with Crippen molar-refractivity contribution in [3.63, 3.8) is 0 Å². The van der Waals surface area contributed by atoms with E-state index < -0.39 is 16.0 Å². The Bertz CT molecular complexity index is 189. The lowest BCUT2D eigenvalue weighted by Gasteiger charge is -2.02. The van der Waals surface area contributed by atoms with Crippen LogP contribution in [0.2, 0.25) is 0 Å². The summed E-state index contributed by atoms with van der Waals surface area (Å²) in [6.45, 7) is 1.57. The molecule has 0 heterocycles. The zero-order valence-electron chi connectivity index (χ0n) is 6.59. The van der Waals surface area contributed by atoms with Gasteiger partial charge in [-0.3, -0.25) is 0 Å². The van der Waals surface area contributed by atoms with E-state index in [1.807, 2.05) is 0 Å². The predicted molar refractivity (Wildman–Crippen MR) is 42.9 cm³/mol. The van der Waals surface area contributed by atoms with E-state index in [9.17, 15) is 12.8 Å². The molecule has 0 saturated heterocycles. The molecule has 5 heteroatoms. The van der Waals surface area contributed by atoms with Gasteiger partial charge in [0.15, 0.2) is 9.84 Å². The van der Waals surface area contributed by atoms with E-state index in [1.165, 1.54) is 6.92 Å². The van der Waals surface area contributed by atoms with E-state index in [-0.39, 0.29) is 11.5 Å². The van der Waals surface area contributed by atoms with Crippen LogP contribution in [0.4, 0.5) is 4.39 Å². The van der Waals surface area contributed by atoms with E-state index in [1.54, 1.807) is 0 Å². The highest BCUT2D eigenvalue weighted by Gasteiger charge is 2.13. The lowest BCUT2D eigenvalue weighted by Crippen LogP contribution is -2.19. The summed E-state index contributed by atoms with van der Waals surface area (Å²) in [5.74, 6) is -0.384. The van der Waals surface area contributed by atoms with Gasteiger partial charge in [-0.25, -0.2) is 12.8 Å². The Morgan fingerprint density at radius 3 is 2.45 bits per heavy atom. The second-order valence-corrected chi connectivity index (χ2v) is 4.77. The lowest BCUT2D eigenvalue weighted by molar-refractivity contribution is 0.391. The van der Waals surface area contributed by atoms with Gasteiger partial charge >= 0.3 is 0 Å². The second-order valence-electron chi connectivity index (χ2n) is 2.54. The zero-order valence-corrected chi connectivity index (χ0v) is 7.40. The summed E-state index contributed by atoms with van der Waals surface area (Å²) in [6.07, 6.45) is -0.868. The van der Waals surface area contributed by atoms with Crippen molar-refractivity contribution in [3.8, 4) is 0 Å². The van der Waals surface area contributed by atoms with Crippen LogP contribution in [-0.2, 0) is 9.84 Å². The van der Waals surface area contributed by atoms with E-state index in [2.05, 4.69) is 0 Å². The van der Waals surface area contributed by atoms with Crippen molar-refractivity contribution in [3.05, 3.63) is 0 Å². The number of sulfone groups is 1. The fourth-order valence-corrected chi connectivity index (χ4v) is 2.21. The smallest absolute Gasteiger partial charge is 0.153 e. The van der Waals surface area contributed by atoms with Gasteiger partial charge in [-0.2, -0.15) is 0 Å². The SMILES string of the molecule is CC(F)CS(=O)(=O)CCCN. The first-order valence-electron chi connectivity index (χ1n) is 3.52. The highest BCUT2D eigenvalue weighted by Crippen LogP contribution is 1.99. The maximum Gasteiger partial charge on any atom is 0.153 e. The van der Waals surface area contributed by atoms with Crippen LogP contribution in [0, 0.1) is 0 Å². The van der Waals surface area contributed by atoms with Gasteiger partial charge in [0.1, 0.15) is 6.17 Å². The minimum atomic E-state index is -3.20. The van der Waals surface area contributed by atoms with Crippen LogP contribution in [0.1, 0.15) is 13.3 Å². The first-order chi connectivity index (χ1) is 4.98. The number of hydrogen-bond acceptors (Lipinski definition) is 3. The molecule has 0 fully saturated rings. The summed E-state index contributed by atoms with van der Waals surface area (Å²) in [7, 11) is -3.20. The van der Waals surface area contributed by atoms with Crippen LogP contribution in [0.3, 0.4) is 0 Å². The molecule has 68 valence electrons. The molecule has 0 aromatic rings. The standard InChI is InChI=1S/C6H14FNO2S/c1-6(7)5-11(9,10)4-2-3-8/h6H,2-5,8H2,1H3. The topological polar surface area (TPSA) is 60.2 Å². The minimum Gasteiger partial charge on any atom is -0.330 e. The third-order valence-electron chi connectivity index (χ3n) is 1.14. The molecular formula is C6H14FNO2S. The quantitative estimate of drug-likeness (QED) is 0.658. The average molecular weight is 183 g/mol. The Morgan fingerprint density at radius 1 is 1.55 bits per heavy atom. The molecule has 0 aliphatic heterocycles. The molecule has 0 spiro atoms. The molecule has 11 heavy (non-hydrogen) atoms. The van der Waals surface area contributed by atoms with Crippen molar-refractivity contribution in [2.75, 3.05) is 18.1 Å². The largest absolute Gasteiger partial charge is 0.330 e. The Balaban J connectivity index is 3.82. The normalized spacial score (nSPS) is 14.8. The predicted octanol–water partition coefficient (Wildman–Crippen LogP) is 0.108. The van der Waals surface area contributed by atoms with Gasteiger partial charge < -0.3 is 5.73 Å². The van der Waals surface area contributed by atoms with E-state index in [0.29, 0.717) is 13.0 Å². The van der Waals surface area contributed by atoms with Gasteiger partial charge in [0, 0.05) is 0 Å². The molecule has 1 unspecified atom stereocenters. The number of alkyl halides is 1. The molecule has 0 bridgehead atoms. The Morgan fingerprint density at radius 2 is 2.09 bits per heavy atom. The number of halogens is 1. The number of nitrogens with two attached hydrogens (primary N) is 1. The van der Waals surface area contributed by atoms with E-state index >= 15 is 0 Å². The Hall–Kier alpha value is -0.160. The van der Waals surface area contributed by atoms with Crippen LogP contribution in [-0.4, -0.2) is 32.6 Å². The first kappa shape index (κ1) is 10.8. The molecule has 0 rings (SSSR count). The number of rotatable bonds is 5. The van der Waals surface area contributed by atoms with Gasteiger partial charge in [-0.15, -0.1) is 0 Å². The fraction of sp³-hybridized carbons (Fsp3) is 1.00. The van der Waals surface area contributed by atoms with Gasteiger partial charge in [-0.1, -0.05) is 0 Å². The summed E-state index contributed by atoms with van der Waals surface area (Å²) in [5.41, 5.74) is 5.11. The van der Waals surface area contributed by atoms with Crippen LogP contribution in [0.15, 0.2) is 0 Å². The molecule has 1 atom stereocenters. The molecular weight excluding hydrogens is 169 g/mol. The summed E-state index contributed by atoms with van der Waals surface area (Å²) in [6, 6.07) is 0. The molecule has 0 aliphatic rings. The van der Waals surface area contributed by atoms with Crippen LogP contribution >= 0.6 is 0 Å². The fourth-order valence-electron chi connectivity index (χ4n) is 0.736. The third-order valence-corrected chi connectivity index (χ3v) is 3.02. The van der Waals surface area contributed by atoms with Crippen LogP contribution in [0.5, 0.6) is 0 Å². The highest BCUT2D eigenvalue weighted by molar-refractivity contribution is 7.91. The minimum absolute atomic E-state index is 0.00222. The maximum absolute atomic E-state index is 12.2. The van der Waals surface area contributed by atoms with Crippen LogP contribution < -0.4 is 5.73 Å². The summed E-state index contributed by atoms with van der Waals surface area (Å²) in [4.78, 5) is 0.